The van der Waals surface area contributed by atoms with Crippen LogP contribution in [0.1, 0.15) is 12.0 Å². The molecule has 0 radical (unpaired) electrons. The predicted molar refractivity (Wildman–Crippen MR) is 122 cm³/mol. The maximum absolute atomic E-state index is 4.35. The van der Waals surface area contributed by atoms with Crippen LogP contribution in [0.15, 0.2) is 46.1 Å². The number of aromatic nitrogens is 2. The molecule has 0 aliphatic carbocycles. The lowest BCUT2D eigenvalue weighted by Gasteiger charge is -2.21. The van der Waals surface area contributed by atoms with E-state index in [2.05, 4.69) is 59.8 Å². The molecule has 1 aromatic heterocycles. The van der Waals surface area contributed by atoms with Gasteiger partial charge in [0.05, 0.1) is 11.9 Å². The second-order valence-electron chi connectivity index (χ2n) is 6.30. The highest BCUT2D eigenvalue weighted by molar-refractivity contribution is 14.0. The van der Waals surface area contributed by atoms with Crippen LogP contribution >= 0.6 is 39.9 Å². The van der Waals surface area contributed by atoms with Crippen molar-refractivity contribution in [1.82, 2.24) is 20.4 Å². The number of halogens is 2. The number of aliphatic imine (C=N–C) groups is 1. The molecule has 1 saturated heterocycles. The third-order valence-corrected chi connectivity index (χ3v) is 5.08. The van der Waals surface area contributed by atoms with Gasteiger partial charge in [0.1, 0.15) is 0 Å². The second kappa shape index (κ2) is 10.1. The molecule has 1 unspecified atom stereocenters. The monoisotopic (exact) mass is 532 g/mol. The molecular weight excluding hydrogens is 507 g/mol. The quantitative estimate of drug-likeness (QED) is 0.353. The Bertz CT molecular complexity index is 732. The molecule has 1 aliphatic rings. The number of nitrogens with zero attached hydrogens (tertiary/aromatic N) is 4. The molecule has 1 atom stereocenters. The van der Waals surface area contributed by atoms with E-state index < -0.39 is 0 Å². The molecule has 0 spiro atoms. The van der Waals surface area contributed by atoms with Crippen molar-refractivity contribution >= 4 is 51.6 Å². The number of para-hydroxylation sites is 1. The molecule has 1 aromatic carbocycles. The first kappa shape index (κ1) is 21.0. The van der Waals surface area contributed by atoms with Crippen molar-refractivity contribution in [2.75, 3.05) is 31.6 Å². The Morgan fingerprint density at radius 2 is 2.19 bits per heavy atom. The van der Waals surface area contributed by atoms with Crippen LogP contribution < -0.4 is 15.5 Å². The Balaban J connectivity index is 0.00000243. The number of rotatable bonds is 5. The van der Waals surface area contributed by atoms with E-state index in [0.29, 0.717) is 6.04 Å². The Kier molecular flexibility index (Phi) is 8.20. The van der Waals surface area contributed by atoms with Gasteiger partial charge in [-0.15, -0.1) is 24.0 Å². The average Bonchev–Trinajstić information content (AvgIpc) is 3.23. The number of hydrogen-bond acceptors (Lipinski definition) is 3. The Hall–Kier alpha value is -1.29. The fraction of sp³-hybridized carbons (Fsp3) is 0.444. The van der Waals surface area contributed by atoms with Crippen LogP contribution in [0.3, 0.4) is 0 Å². The van der Waals surface area contributed by atoms with Crippen LogP contribution in [0.2, 0.25) is 0 Å². The molecule has 2 heterocycles. The minimum Gasteiger partial charge on any atom is -0.368 e. The van der Waals surface area contributed by atoms with Crippen molar-refractivity contribution in [3.8, 4) is 0 Å². The summed E-state index contributed by atoms with van der Waals surface area (Å²) in [4.78, 5) is 6.76. The number of aryl methyl sites for hydroxylation is 1. The first-order valence-electron chi connectivity index (χ1n) is 8.60. The summed E-state index contributed by atoms with van der Waals surface area (Å²) in [6, 6.07) is 8.78. The SMILES string of the molecule is CN=C(NCCc1cnn(C)c1)NC1CCN(c2ccccc2Br)C1.I. The van der Waals surface area contributed by atoms with Gasteiger partial charge in [-0.2, -0.15) is 5.10 Å². The number of nitrogens with one attached hydrogen (secondary N) is 2. The normalized spacial score (nSPS) is 17.1. The Morgan fingerprint density at radius 1 is 1.38 bits per heavy atom. The lowest BCUT2D eigenvalue weighted by atomic mass is 10.2. The van der Waals surface area contributed by atoms with E-state index in [-0.39, 0.29) is 24.0 Å². The van der Waals surface area contributed by atoms with Gasteiger partial charge in [0, 0.05) is 50.4 Å². The summed E-state index contributed by atoms with van der Waals surface area (Å²) in [6.45, 7) is 2.87. The molecule has 3 rings (SSSR count). The lowest BCUT2D eigenvalue weighted by Crippen LogP contribution is -2.45. The molecule has 1 aliphatic heterocycles. The minimum atomic E-state index is 0. The Morgan fingerprint density at radius 3 is 2.88 bits per heavy atom. The van der Waals surface area contributed by atoms with Crippen LogP contribution in [0.5, 0.6) is 0 Å². The maximum atomic E-state index is 4.35. The zero-order valence-electron chi connectivity index (χ0n) is 15.2. The third-order valence-electron chi connectivity index (χ3n) is 4.41. The van der Waals surface area contributed by atoms with Crippen molar-refractivity contribution in [2.45, 2.75) is 18.9 Å². The van der Waals surface area contributed by atoms with Crippen molar-refractivity contribution in [3.05, 3.63) is 46.7 Å². The van der Waals surface area contributed by atoms with E-state index in [4.69, 9.17) is 0 Å². The van der Waals surface area contributed by atoms with Gasteiger partial charge in [-0.1, -0.05) is 12.1 Å². The molecule has 0 bridgehead atoms. The van der Waals surface area contributed by atoms with Gasteiger partial charge in [0.2, 0.25) is 0 Å². The standard InChI is InChI=1S/C18H25BrN6.HI/c1-20-18(21-9-7-14-11-22-24(2)12-14)23-15-8-10-25(13-15)17-6-4-3-5-16(17)19;/h3-6,11-12,15H,7-10,13H2,1-2H3,(H2,20,21,23);1H. The molecule has 1 fully saturated rings. The molecule has 2 aromatic rings. The highest BCUT2D eigenvalue weighted by Crippen LogP contribution is 2.28. The van der Waals surface area contributed by atoms with Crippen LogP contribution in [0, 0.1) is 0 Å². The van der Waals surface area contributed by atoms with E-state index in [1.54, 1.807) is 0 Å². The third kappa shape index (κ3) is 5.60. The van der Waals surface area contributed by atoms with Crippen molar-refractivity contribution < 1.29 is 0 Å². The zero-order valence-corrected chi connectivity index (χ0v) is 19.1. The van der Waals surface area contributed by atoms with E-state index in [1.807, 2.05) is 37.2 Å². The summed E-state index contributed by atoms with van der Waals surface area (Å²) >= 11 is 3.64. The van der Waals surface area contributed by atoms with Gasteiger partial charge in [0.25, 0.3) is 0 Å². The van der Waals surface area contributed by atoms with Crippen LogP contribution in [-0.4, -0.2) is 48.5 Å². The van der Waals surface area contributed by atoms with E-state index >= 15 is 0 Å². The summed E-state index contributed by atoms with van der Waals surface area (Å²) in [7, 11) is 3.76. The van der Waals surface area contributed by atoms with Gasteiger partial charge in [-0.3, -0.25) is 9.67 Å². The topological polar surface area (TPSA) is 57.5 Å². The second-order valence-corrected chi connectivity index (χ2v) is 7.15. The van der Waals surface area contributed by atoms with Gasteiger partial charge in [-0.05, 0) is 46.5 Å². The zero-order chi connectivity index (χ0) is 17.6. The van der Waals surface area contributed by atoms with Crippen LogP contribution in [-0.2, 0) is 13.5 Å². The fourth-order valence-corrected chi connectivity index (χ4v) is 3.65. The molecule has 0 saturated carbocycles. The smallest absolute Gasteiger partial charge is 0.191 e. The van der Waals surface area contributed by atoms with Gasteiger partial charge in [0.15, 0.2) is 5.96 Å². The first-order chi connectivity index (χ1) is 12.2. The number of guanidine groups is 1. The predicted octanol–water partition coefficient (Wildman–Crippen LogP) is 2.79. The summed E-state index contributed by atoms with van der Waals surface area (Å²) in [5.74, 6) is 0.864. The highest BCUT2D eigenvalue weighted by atomic mass is 127. The Labute approximate surface area is 180 Å². The molecule has 8 heteroatoms. The number of benzene rings is 1. The van der Waals surface area contributed by atoms with E-state index in [9.17, 15) is 0 Å². The number of anilines is 1. The summed E-state index contributed by atoms with van der Waals surface area (Å²) in [5, 5.41) is 11.1. The lowest BCUT2D eigenvalue weighted by molar-refractivity contribution is 0.648. The van der Waals surface area contributed by atoms with Crippen LogP contribution in [0.4, 0.5) is 5.69 Å². The summed E-state index contributed by atoms with van der Waals surface area (Å²) in [5.41, 5.74) is 2.48. The summed E-state index contributed by atoms with van der Waals surface area (Å²) < 4.78 is 2.98. The largest absolute Gasteiger partial charge is 0.368 e. The maximum Gasteiger partial charge on any atom is 0.191 e. The molecule has 26 heavy (non-hydrogen) atoms. The molecule has 6 nitrogen and oxygen atoms in total. The van der Waals surface area contributed by atoms with Crippen molar-refractivity contribution in [1.29, 1.82) is 0 Å². The van der Waals surface area contributed by atoms with Crippen LogP contribution in [0.25, 0.3) is 0 Å². The van der Waals surface area contributed by atoms with Gasteiger partial charge >= 0.3 is 0 Å². The van der Waals surface area contributed by atoms with E-state index in [1.165, 1.54) is 11.3 Å². The van der Waals surface area contributed by atoms with Crippen molar-refractivity contribution in [2.24, 2.45) is 12.0 Å². The highest BCUT2D eigenvalue weighted by Gasteiger charge is 2.24. The molecule has 142 valence electrons. The average molecular weight is 533 g/mol. The van der Waals surface area contributed by atoms with Crippen molar-refractivity contribution in [3.63, 3.8) is 0 Å². The molecular formula is C18H26BrIN6. The van der Waals surface area contributed by atoms with Gasteiger partial charge < -0.3 is 15.5 Å². The first-order valence-corrected chi connectivity index (χ1v) is 9.39. The summed E-state index contributed by atoms with van der Waals surface area (Å²) in [6.07, 6.45) is 5.99. The molecule has 2 N–H and O–H groups in total. The van der Waals surface area contributed by atoms with E-state index in [0.717, 1.165) is 42.9 Å². The van der Waals surface area contributed by atoms with Gasteiger partial charge in [-0.25, -0.2) is 0 Å². The number of hydrogen-bond donors (Lipinski definition) is 2. The fourth-order valence-electron chi connectivity index (χ4n) is 3.12. The minimum absolute atomic E-state index is 0. The molecule has 0 amide bonds.